The Morgan fingerprint density at radius 3 is 2.62 bits per heavy atom. The van der Waals surface area contributed by atoms with E-state index in [0.29, 0.717) is 11.5 Å². The van der Waals surface area contributed by atoms with E-state index in [9.17, 15) is 10.1 Å². The number of aryl methyl sites for hydroxylation is 1. The van der Waals surface area contributed by atoms with E-state index in [2.05, 4.69) is 50.3 Å². The molecule has 0 aliphatic carbocycles. The molecule has 1 N–H and O–H groups in total. The summed E-state index contributed by atoms with van der Waals surface area (Å²) < 4.78 is 1.01. The van der Waals surface area contributed by atoms with E-state index >= 15 is 0 Å². The molecule has 146 valence electrons. The first kappa shape index (κ1) is 19.8. The summed E-state index contributed by atoms with van der Waals surface area (Å²) in [6.07, 6.45) is 2.37. The van der Waals surface area contributed by atoms with Gasteiger partial charge in [-0.15, -0.1) is 11.3 Å². The first-order valence-electron chi connectivity index (χ1n) is 8.71. The summed E-state index contributed by atoms with van der Waals surface area (Å²) in [7, 11) is 0. The van der Waals surface area contributed by atoms with Gasteiger partial charge in [-0.2, -0.15) is 0 Å². The van der Waals surface area contributed by atoms with Gasteiger partial charge < -0.3 is 5.32 Å². The molecule has 0 saturated heterocycles. The van der Waals surface area contributed by atoms with Crippen molar-refractivity contribution in [2.45, 2.75) is 13.3 Å². The number of anilines is 2. The van der Waals surface area contributed by atoms with Gasteiger partial charge in [-0.1, -0.05) is 46.6 Å². The molecule has 0 bridgehead atoms. The van der Waals surface area contributed by atoms with Crippen LogP contribution in [0.1, 0.15) is 11.8 Å². The summed E-state index contributed by atoms with van der Waals surface area (Å²) in [5.74, 6) is 0.611. The zero-order valence-electron chi connectivity index (χ0n) is 15.1. The summed E-state index contributed by atoms with van der Waals surface area (Å²) in [5, 5.41) is 15.4. The van der Waals surface area contributed by atoms with Crippen LogP contribution in [0, 0.1) is 10.1 Å². The molecule has 4 aromatic rings. The van der Waals surface area contributed by atoms with Crippen molar-refractivity contribution in [2.24, 2.45) is 0 Å². The van der Waals surface area contributed by atoms with Crippen molar-refractivity contribution in [2.75, 3.05) is 5.32 Å². The van der Waals surface area contributed by atoms with Crippen LogP contribution in [0.4, 0.5) is 17.2 Å². The van der Waals surface area contributed by atoms with E-state index < -0.39 is 4.92 Å². The summed E-state index contributed by atoms with van der Waals surface area (Å²) >= 11 is 11.4. The lowest BCUT2D eigenvalue weighted by Gasteiger charge is -2.11. The van der Waals surface area contributed by atoms with Crippen molar-refractivity contribution in [3.63, 3.8) is 0 Å². The third-order valence-corrected chi connectivity index (χ3v) is 6.52. The highest BCUT2D eigenvalue weighted by Gasteiger charge is 2.19. The Labute approximate surface area is 183 Å². The Balaban J connectivity index is 1.86. The number of aromatic nitrogens is 2. The molecule has 0 fully saturated rings. The number of non-ortho nitro benzene ring substituents is 1. The number of benzene rings is 2. The Morgan fingerprint density at radius 1 is 1.21 bits per heavy atom. The number of rotatable bonds is 5. The largest absolute Gasteiger partial charge is 0.338 e. The molecule has 0 spiro atoms. The number of hydrogen-bond donors (Lipinski definition) is 1. The smallest absolute Gasteiger partial charge is 0.271 e. The lowest BCUT2D eigenvalue weighted by atomic mass is 10.0. The van der Waals surface area contributed by atoms with Crippen LogP contribution in [0.25, 0.3) is 21.3 Å². The number of halogens is 2. The molecule has 0 aliphatic rings. The lowest BCUT2D eigenvalue weighted by Crippen LogP contribution is -1.97. The average Bonchev–Trinajstić information content (AvgIpc) is 3.09. The molecule has 2 aromatic carbocycles. The molecular formula is C20H14BrClN4O2S. The summed E-state index contributed by atoms with van der Waals surface area (Å²) in [6, 6.07) is 12.4. The van der Waals surface area contributed by atoms with Crippen LogP contribution in [0.2, 0.25) is 5.02 Å². The first-order chi connectivity index (χ1) is 14.0. The van der Waals surface area contributed by atoms with Crippen molar-refractivity contribution in [1.29, 1.82) is 0 Å². The average molecular weight is 490 g/mol. The number of nitrogens with zero attached hydrogens (tertiary/aromatic N) is 3. The van der Waals surface area contributed by atoms with Crippen LogP contribution in [0.3, 0.4) is 0 Å². The SMILES string of the molecule is CCc1sc2ncnc(Nc3ccc([N+](=O)[O-])cc3Cl)c2c1-c1ccc(Br)cc1. The van der Waals surface area contributed by atoms with E-state index in [1.54, 1.807) is 17.4 Å². The van der Waals surface area contributed by atoms with Crippen LogP contribution in [-0.4, -0.2) is 14.9 Å². The third-order valence-electron chi connectivity index (χ3n) is 4.43. The van der Waals surface area contributed by atoms with Gasteiger partial charge in [0, 0.05) is 27.0 Å². The maximum Gasteiger partial charge on any atom is 0.271 e. The monoisotopic (exact) mass is 488 g/mol. The number of nitrogens with one attached hydrogen (secondary N) is 1. The van der Waals surface area contributed by atoms with E-state index in [4.69, 9.17) is 11.6 Å². The van der Waals surface area contributed by atoms with Crippen molar-refractivity contribution in [3.8, 4) is 11.1 Å². The normalized spacial score (nSPS) is 11.0. The van der Waals surface area contributed by atoms with Crippen LogP contribution < -0.4 is 5.32 Å². The van der Waals surface area contributed by atoms with Gasteiger partial charge in [0.25, 0.3) is 5.69 Å². The zero-order chi connectivity index (χ0) is 20.5. The third kappa shape index (κ3) is 3.83. The van der Waals surface area contributed by atoms with Crippen LogP contribution in [0.5, 0.6) is 0 Å². The van der Waals surface area contributed by atoms with Gasteiger partial charge in [0.15, 0.2) is 0 Å². The lowest BCUT2D eigenvalue weighted by molar-refractivity contribution is -0.384. The van der Waals surface area contributed by atoms with Gasteiger partial charge in [-0.3, -0.25) is 10.1 Å². The number of nitro benzene ring substituents is 1. The van der Waals surface area contributed by atoms with Gasteiger partial charge in [-0.05, 0) is 30.2 Å². The van der Waals surface area contributed by atoms with E-state index in [0.717, 1.165) is 32.2 Å². The quantitative estimate of drug-likeness (QED) is 0.241. The topological polar surface area (TPSA) is 81.0 Å². The molecule has 0 saturated carbocycles. The number of hydrogen-bond acceptors (Lipinski definition) is 6. The minimum absolute atomic E-state index is 0.0623. The number of thiophene rings is 1. The summed E-state index contributed by atoms with van der Waals surface area (Å²) in [6.45, 7) is 2.11. The molecule has 2 aromatic heterocycles. The molecule has 0 unspecified atom stereocenters. The maximum atomic E-state index is 11.0. The minimum atomic E-state index is -0.476. The summed E-state index contributed by atoms with van der Waals surface area (Å²) in [5.41, 5.74) is 2.64. The number of nitro groups is 1. The Morgan fingerprint density at radius 2 is 1.97 bits per heavy atom. The maximum absolute atomic E-state index is 11.0. The van der Waals surface area contributed by atoms with Gasteiger partial charge in [-0.25, -0.2) is 9.97 Å². The fourth-order valence-corrected chi connectivity index (χ4v) is 4.68. The first-order valence-corrected chi connectivity index (χ1v) is 10.7. The van der Waals surface area contributed by atoms with E-state index in [1.165, 1.54) is 23.3 Å². The zero-order valence-corrected chi connectivity index (χ0v) is 18.3. The van der Waals surface area contributed by atoms with E-state index in [1.807, 2.05) is 12.1 Å². The predicted molar refractivity (Wildman–Crippen MR) is 121 cm³/mol. The fourth-order valence-electron chi connectivity index (χ4n) is 3.09. The van der Waals surface area contributed by atoms with Crippen molar-refractivity contribution in [3.05, 3.63) is 73.3 Å². The van der Waals surface area contributed by atoms with Gasteiger partial charge in [0.1, 0.15) is 17.0 Å². The van der Waals surface area contributed by atoms with Crippen molar-refractivity contribution >= 4 is 66.3 Å². The van der Waals surface area contributed by atoms with Crippen LogP contribution >= 0.6 is 38.9 Å². The second-order valence-corrected chi connectivity index (χ2v) is 8.62. The van der Waals surface area contributed by atoms with Crippen molar-refractivity contribution in [1.82, 2.24) is 9.97 Å². The Bertz CT molecular complexity index is 1230. The molecular weight excluding hydrogens is 476 g/mol. The van der Waals surface area contributed by atoms with Crippen LogP contribution in [0.15, 0.2) is 53.3 Å². The molecule has 0 radical (unpaired) electrons. The second kappa shape index (κ2) is 8.06. The van der Waals surface area contributed by atoms with Gasteiger partial charge >= 0.3 is 0 Å². The molecule has 4 rings (SSSR count). The Kier molecular flexibility index (Phi) is 5.49. The minimum Gasteiger partial charge on any atom is -0.338 e. The van der Waals surface area contributed by atoms with Gasteiger partial charge in [0.2, 0.25) is 0 Å². The molecule has 6 nitrogen and oxygen atoms in total. The molecule has 0 amide bonds. The molecule has 29 heavy (non-hydrogen) atoms. The van der Waals surface area contributed by atoms with Crippen molar-refractivity contribution < 1.29 is 4.92 Å². The molecule has 2 heterocycles. The number of fused-ring (bicyclic) bond motifs is 1. The highest BCUT2D eigenvalue weighted by molar-refractivity contribution is 9.10. The van der Waals surface area contributed by atoms with Crippen LogP contribution in [-0.2, 0) is 6.42 Å². The standard InChI is InChI=1S/C20H14BrClN4O2S/c1-2-16-17(11-3-5-12(21)6-4-11)18-19(23-10-24-20(18)29-16)25-15-8-7-13(26(27)28)9-14(15)22/h3-10H,2H2,1H3,(H,23,24,25). The highest BCUT2D eigenvalue weighted by Crippen LogP contribution is 2.42. The Hall–Kier alpha value is -2.55. The summed E-state index contributed by atoms with van der Waals surface area (Å²) in [4.78, 5) is 21.5. The van der Waals surface area contributed by atoms with E-state index in [-0.39, 0.29) is 10.7 Å². The van der Waals surface area contributed by atoms with Gasteiger partial charge in [0.05, 0.1) is 21.0 Å². The molecule has 9 heteroatoms. The predicted octanol–water partition coefficient (Wildman–Crippen LogP) is 6.99. The molecule has 0 aliphatic heterocycles. The second-order valence-electron chi connectivity index (χ2n) is 6.21. The molecule has 0 atom stereocenters. The highest BCUT2D eigenvalue weighted by atomic mass is 79.9. The fraction of sp³-hybridized carbons (Fsp3) is 0.100.